The van der Waals surface area contributed by atoms with Gasteiger partial charge in [-0.2, -0.15) is 11.8 Å². The zero-order chi connectivity index (χ0) is 13.0. The lowest BCUT2D eigenvalue weighted by Gasteiger charge is -2.27. The Morgan fingerprint density at radius 1 is 1.39 bits per heavy atom. The molecule has 1 saturated heterocycles. The van der Waals surface area contributed by atoms with Crippen molar-refractivity contribution in [1.29, 1.82) is 0 Å². The van der Waals surface area contributed by atoms with Crippen molar-refractivity contribution in [2.75, 3.05) is 24.6 Å². The van der Waals surface area contributed by atoms with E-state index in [9.17, 15) is 9.59 Å². The van der Waals surface area contributed by atoms with Crippen LogP contribution in [0.2, 0.25) is 0 Å². The van der Waals surface area contributed by atoms with Crippen LogP contribution >= 0.6 is 11.8 Å². The van der Waals surface area contributed by atoms with E-state index in [1.54, 1.807) is 4.90 Å². The largest absolute Gasteiger partial charge is 0.481 e. The molecule has 1 heterocycles. The van der Waals surface area contributed by atoms with Crippen LogP contribution in [0.15, 0.2) is 0 Å². The molecule has 0 bridgehead atoms. The Kier molecular flexibility index (Phi) is 4.88. The molecule has 5 nitrogen and oxygen atoms in total. The zero-order valence-corrected chi connectivity index (χ0v) is 11.2. The quantitative estimate of drug-likeness (QED) is 0.739. The van der Waals surface area contributed by atoms with Gasteiger partial charge in [-0.15, -0.1) is 0 Å². The fourth-order valence-corrected chi connectivity index (χ4v) is 3.14. The third-order valence-electron chi connectivity index (χ3n) is 3.29. The smallest absolute Gasteiger partial charge is 0.305 e. The van der Waals surface area contributed by atoms with E-state index in [4.69, 9.17) is 5.11 Å². The lowest BCUT2D eigenvalue weighted by atomic mass is 10.2. The number of carbonyl (C=O) groups excluding carboxylic acids is 1. The van der Waals surface area contributed by atoms with E-state index in [0.29, 0.717) is 19.0 Å². The number of aliphatic carboxylic acids is 1. The van der Waals surface area contributed by atoms with Crippen molar-refractivity contribution < 1.29 is 14.7 Å². The number of hydrogen-bond donors (Lipinski definition) is 2. The molecular weight excluding hydrogens is 252 g/mol. The molecule has 0 spiro atoms. The lowest BCUT2D eigenvalue weighted by molar-refractivity contribution is -0.138. The van der Waals surface area contributed by atoms with Crippen molar-refractivity contribution in [3.8, 4) is 0 Å². The fraction of sp³-hybridized carbons (Fsp3) is 0.833. The molecular formula is C12H20N2O3S. The van der Waals surface area contributed by atoms with Gasteiger partial charge in [0.15, 0.2) is 0 Å². The van der Waals surface area contributed by atoms with Crippen LogP contribution in [0.1, 0.15) is 25.7 Å². The average Bonchev–Trinajstić information content (AvgIpc) is 3.14. The molecule has 0 aromatic heterocycles. The average molecular weight is 272 g/mol. The molecule has 1 amide bonds. The lowest BCUT2D eigenvalue weighted by Crippen LogP contribution is -2.43. The van der Waals surface area contributed by atoms with Gasteiger partial charge >= 0.3 is 5.97 Å². The van der Waals surface area contributed by atoms with E-state index in [0.717, 1.165) is 30.9 Å². The van der Waals surface area contributed by atoms with Crippen molar-refractivity contribution in [2.45, 2.75) is 37.8 Å². The van der Waals surface area contributed by atoms with Crippen molar-refractivity contribution in [3.05, 3.63) is 0 Å². The highest BCUT2D eigenvalue weighted by Gasteiger charge is 2.33. The molecule has 1 aliphatic carbocycles. The topological polar surface area (TPSA) is 69.6 Å². The van der Waals surface area contributed by atoms with E-state index in [-0.39, 0.29) is 18.4 Å². The number of carboxylic acid groups (broad SMARTS) is 1. The molecule has 1 unspecified atom stereocenters. The van der Waals surface area contributed by atoms with Crippen molar-refractivity contribution in [1.82, 2.24) is 10.2 Å². The molecule has 18 heavy (non-hydrogen) atoms. The van der Waals surface area contributed by atoms with Gasteiger partial charge in [-0.25, -0.2) is 0 Å². The first-order valence-electron chi connectivity index (χ1n) is 6.49. The Balaban J connectivity index is 1.81. The first-order valence-corrected chi connectivity index (χ1v) is 7.64. The van der Waals surface area contributed by atoms with E-state index in [2.05, 4.69) is 5.32 Å². The van der Waals surface area contributed by atoms with Crippen LogP contribution in [0.25, 0.3) is 0 Å². The van der Waals surface area contributed by atoms with E-state index in [1.165, 1.54) is 0 Å². The monoisotopic (exact) mass is 272 g/mol. The third-order valence-corrected chi connectivity index (χ3v) is 4.42. The van der Waals surface area contributed by atoms with E-state index >= 15 is 0 Å². The minimum atomic E-state index is -0.834. The molecule has 2 aliphatic rings. The van der Waals surface area contributed by atoms with Crippen LogP contribution < -0.4 is 5.32 Å². The molecule has 6 heteroatoms. The van der Waals surface area contributed by atoms with Gasteiger partial charge in [-0.1, -0.05) is 0 Å². The minimum Gasteiger partial charge on any atom is -0.481 e. The first kappa shape index (κ1) is 13.7. The predicted molar refractivity (Wildman–Crippen MR) is 70.7 cm³/mol. The van der Waals surface area contributed by atoms with E-state index in [1.807, 2.05) is 11.8 Å². The van der Waals surface area contributed by atoms with Gasteiger partial charge in [0.1, 0.15) is 0 Å². The molecule has 2 rings (SSSR count). The molecule has 1 saturated carbocycles. The number of nitrogens with one attached hydrogen (secondary N) is 1. The summed E-state index contributed by atoms with van der Waals surface area (Å²) in [6.45, 7) is 1.32. The van der Waals surface area contributed by atoms with Gasteiger partial charge in [-0.3, -0.25) is 9.59 Å². The molecule has 2 fully saturated rings. The van der Waals surface area contributed by atoms with Gasteiger partial charge < -0.3 is 15.3 Å². The second-order valence-electron chi connectivity index (χ2n) is 4.89. The molecule has 0 aromatic rings. The Bertz CT molecular complexity index is 314. The highest BCUT2D eigenvalue weighted by atomic mass is 32.2. The van der Waals surface area contributed by atoms with Gasteiger partial charge in [0.25, 0.3) is 0 Å². The van der Waals surface area contributed by atoms with E-state index < -0.39 is 5.97 Å². The molecule has 0 radical (unpaired) electrons. The number of carboxylic acids is 1. The number of rotatable bonds is 6. The summed E-state index contributed by atoms with van der Waals surface area (Å²) in [5.74, 6) is 1.36. The summed E-state index contributed by atoms with van der Waals surface area (Å²) in [4.78, 5) is 24.6. The van der Waals surface area contributed by atoms with Crippen molar-refractivity contribution in [3.63, 3.8) is 0 Å². The zero-order valence-electron chi connectivity index (χ0n) is 10.4. The highest BCUT2D eigenvalue weighted by Crippen LogP contribution is 2.28. The van der Waals surface area contributed by atoms with Gasteiger partial charge in [-0.05, 0) is 12.8 Å². The molecule has 102 valence electrons. The Labute approximate surface area is 111 Å². The molecule has 0 aromatic carbocycles. The molecule has 2 N–H and O–H groups in total. The van der Waals surface area contributed by atoms with Crippen LogP contribution in [0.3, 0.4) is 0 Å². The summed E-state index contributed by atoms with van der Waals surface area (Å²) in [5.41, 5.74) is 0. The number of carbonyl (C=O) groups is 2. The normalized spacial score (nSPS) is 23.7. The van der Waals surface area contributed by atoms with Crippen molar-refractivity contribution in [2.24, 2.45) is 0 Å². The Morgan fingerprint density at radius 3 is 2.72 bits per heavy atom. The van der Waals surface area contributed by atoms with Crippen LogP contribution in [-0.4, -0.2) is 58.6 Å². The van der Waals surface area contributed by atoms with Gasteiger partial charge in [0, 0.05) is 43.1 Å². The third kappa shape index (κ3) is 4.17. The number of nitrogens with zero attached hydrogens (tertiary/aromatic N) is 1. The van der Waals surface area contributed by atoms with Crippen LogP contribution in [-0.2, 0) is 9.59 Å². The number of hydrogen-bond acceptors (Lipinski definition) is 4. The van der Waals surface area contributed by atoms with Crippen LogP contribution in [0.5, 0.6) is 0 Å². The second kappa shape index (κ2) is 6.43. The summed E-state index contributed by atoms with van der Waals surface area (Å²) >= 11 is 1.87. The van der Waals surface area contributed by atoms with Gasteiger partial charge in [0.2, 0.25) is 5.91 Å². The highest BCUT2D eigenvalue weighted by molar-refractivity contribution is 7.99. The molecule has 1 aliphatic heterocycles. The fourth-order valence-electron chi connectivity index (χ4n) is 2.19. The maximum Gasteiger partial charge on any atom is 0.305 e. The predicted octanol–water partition coefficient (Wildman–Crippen LogP) is 0.547. The standard InChI is InChI=1S/C12H20N2O3S/c15-11(7-9-8-18-6-4-13-9)14(10-1-2-10)5-3-12(16)17/h9-10,13H,1-8H2,(H,16,17). The summed E-state index contributed by atoms with van der Waals surface area (Å²) < 4.78 is 0. The number of amides is 1. The van der Waals surface area contributed by atoms with Gasteiger partial charge in [0.05, 0.1) is 6.42 Å². The maximum absolute atomic E-state index is 12.2. The Morgan fingerprint density at radius 2 is 2.17 bits per heavy atom. The summed E-state index contributed by atoms with van der Waals surface area (Å²) in [6, 6.07) is 0.551. The second-order valence-corrected chi connectivity index (χ2v) is 6.04. The summed E-state index contributed by atoms with van der Waals surface area (Å²) in [7, 11) is 0. The van der Waals surface area contributed by atoms with Crippen LogP contribution in [0.4, 0.5) is 0 Å². The minimum absolute atomic E-state index is 0.0507. The maximum atomic E-state index is 12.2. The van der Waals surface area contributed by atoms with Crippen molar-refractivity contribution >= 4 is 23.6 Å². The summed E-state index contributed by atoms with van der Waals surface area (Å²) in [5, 5.41) is 12.1. The summed E-state index contributed by atoms with van der Waals surface area (Å²) in [6.07, 6.45) is 2.61. The SMILES string of the molecule is O=C(O)CCN(C(=O)CC1CSCCN1)C1CC1. The van der Waals surface area contributed by atoms with Crippen LogP contribution in [0, 0.1) is 0 Å². The number of thioether (sulfide) groups is 1. The molecule has 1 atom stereocenters. The Hall–Kier alpha value is -0.750. The first-order chi connectivity index (χ1) is 8.66.